The maximum atomic E-state index is 3.53. The molecule has 0 radical (unpaired) electrons. The third-order valence-corrected chi connectivity index (χ3v) is 4.06. The maximum Gasteiger partial charge on any atom is 0.0300 e. The molecule has 17 heavy (non-hydrogen) atoms. The van der Waals surface area contributed by atoms with Crippen LogP contribution in [0.3, 0.4) is 0 Å². The Morgan fingerprint density at radius 3 is 2.88 bits per heavy atom. The summed E-state index contributed by atoms with van der Waals surface area (Å²) in [4.78, 5) is 3.88. The van der Waals surface area contributed by atoms with Crippen LogP contribution in [0.15, 0.2) is 17.5 Å². The summed E-state index contributed by atoms with van der Waals surface area (Å²) in [5.41, 5.74) is 0. The molecule has 0 aliphatic heterocycles. The zero-order valence-electron chi connectivity index (χ0n) is 11.4. The number of rotatable bonds is 9. The van der Waals surface area contributed by atoms with Gasteiger partial charge in [0.25, 0.3) is 0 Å². The van der Waals surface area contributed by atoms with Gasteiger partial charge in [0, 0.05) is 24.0 Å². The Hall–Kier alpha value is -0.380. The molecular formula is C14H26N2S. The van der Waals surface area contributed by atoms with Gasteiger partial charge in [-0.15, -0.1) is 11.3 Å². The van der Waals surface area contributed by atoms with Crippen LogP contribution in [0.1, 0.15) is 38.0 Å². The van der Waals surface area contributed by atoms with Crippen LogP contribution < -0.4 is 5.32 Å². The fourth-order valence-corrected chi connectivity index (χ4v) is 2.48. The van der Waals surface area contributed by atoms with E-state index in [0.29, 0.717) is 6.04 Å². The predicted octanol–water partition coefficient (Wildman–Crippen LogP) is 3.35. The lowest BCUT2D eigenvalue weighted by atomic mass is 10.2. The summed E-state index contributed by atoms with van der Waals surface area (Å²) in [5.74, 6) is 0. The molecule has 0 amide bonds. The first-order valence-electron chi connectivity index (χ1n) is 6.67. The number of likely N-dealkylation sites (N-methyl/N-ethyl adjacent to an activating group) is 1. The number of thiophene rings is 1. The molecule has 98 valence electrons. The maximum absolute atomic E-state index is 3.53. The highest BCUT2D eigenvalue weighted by molar-refractivity contribution is 7.09. The molecule has 1 unspecified atom stereocenters. The van der Waals surface area contributed by atoms with Gasteiger partial charge in [0.05, 0.1) is 0 Å². The van der Waals surface area contributed by atoms with Crippen molar-refractivity contribution in [1.82, 2.24) is 10.2 Å². The molecule has 3 heteroatoms. The summed E-state index contributed by atoms with van der Waals surface area (Å²) in [6.45, 7) is 7.85. The Balaban J connectivity index is 2.09. The number of hydrogen-bond donors (Lipinski definition) is 1. The fourth-order valence-electron chi connectivity index (χ4n) is 1.80. The highest BCUT2D eigenvalue weighted by Crippen LogP contribution is 2.07. The number of unbranched alkanes of at least 4 members (excludes halogenated alkanes) is 2. The van der Waals surface area contributed by atoms with E-state index in [1.807, 2.05) is 11.3 Å². The molecular weight excluding hydrogens is 228 g/mol. The largest absolute Gasteiger partial charge is 0.310 e. The predicted molar refractivity (Wildman–Crippen MR) is 77.6 cm³/mol. The van der Waals surface area contributed by atoms with Gasteiger partial charge in [0.1, 0.15) is 0 Å². The van der Waals surface area contributed by atoms with Crippen molar-refractivity contribution in [2.75, 3.05) is 20.1 Å². The van der Waals surface area contributed by atoms with E-state index in [2.05, 4.69) is 48.6 Å². The van der Waals surface area contributed by atoms with Crippen LogP contribution in [0, 0.1) is 0 Å². The first kappa shape index (κ1) is 14.7. The van der Waals surface area contributed by atoms with Crippen molar-refractivity contribution in [2.45, 2.75) is 45.7 Å². The van der Waals surface area contributed by atoms with Gasteiger partial charge in [-0.3, -0.25) is 0 Å². The van der Waals surface area contributed by atoms with Crippen LogP contribution >= 0.6 is 11.3 Å². The monoisotopic (exact) mass is 254 g/mol. The molecule has 0 aliphatic carbocycles. The summed E-state index contributed by atoms with van der Waals surface area (Å²) in [6, 6.07) is 4.92. The molecule has 0 saturated carbocycles. The molecule has 2 nitrogen and oxygen atoms in total. The second-order valence-electron chi connectivity index (χ2n) is 4.75. The second kappa shape index (κ2) is 8.67. The lowest BCUT2D eigenvalue weighted by Crippen LogP contribution is -2.38. The normalized spacial score (nSPS) is 13.2. The van der Waals surface area contributed by atoms with Gasteiger partial charge in [-0.2, -0.15) is 0 Å². The van der Waals surface area contributed by atoms with Gasteiger partial charge in [0.15, 0.2) is 0 Å². The van der Waals surface area contributed by atoms with E-state index in [-0.39, 0.29) is 0 Å². The van der Waals surface area contributed by atoms with Crippen LogP contribution in [0.4, 0.5) is 0 Å². The molecule has 0 bridgehead atoms. The van der Waals surface area contributed by atoms with Gasteiger partial charge in [-0.05, 0) is 38.4 Å². The number of hydrogen-bond acceptors (Lipinski definition) is 3. The zero-order chi connectivity index (χ0) is 12.5. The van der Waals surface area contributed by atoms with Crippen LogP contribution in [-0.2, 0) is 6.54 Å². The Morgan fingerprint density at radius 1 is 1.41 bits per heavy atom. The fraction of sp³-hybridized carbons (Fsp3) is 0.714. The van der Waals surface area contributed by atoms with Gasteiger partial charge in [-0.1, -0.05) is 25.8 Å². The summed E-state index contributed by atoms with van der Waals surface area (Å²) in [7, 11) is 2.23. The molecule has 1 aromatic rings. The van der Waals surface area contributed by atoms with E-state index in [1.165, 1.54) is 30.7 Å². The Morgan fingerprint density at radius 2 is 2.24 bits per heavy atom. The van der Waals surface area contributed by atoms with E-state index >= 15 is 0 Å². The Bertz CT molecular complexity index is 272. The summed E-state index contributed by atoms with van der Waals surface area (Å²) >= 11 is 1.82. The highest BCUT2D eigenvalue weighted by atomic mass is 32.1. The average Bonchev–Trinajstić information content (AvgIpc) is 2.82. The first-order valence-corrected chi connectivity index (χ1v) is 7.55. The van der Waals surface area contributed by atoms with Crippen LogP contribution in [0.2, 0.25) is 0 Å². The van der Waals surface area contributed by atoms with E-state index in [4.69, 9.17) is 0 Å². The molecule has 1 heterocycles. The quantitative estimate of drug-likeness (QED) is 0.680. The van der Waals surface area contributed by atoms with Gasteiger partial charge in [0.2, 0.25) is 0 Å². The van der Waals surface area contributed by atoms with Crippen molar-refractivity contribution in [3.8, 4) is 0 Å². The first-order chi connectivity index (χ1) is 8.24. The second-order valence-corrected chi connectivity index (χ2v) is 5.78. The average molecular weight is 254 g/mol. The van der Waals surface area contributed by atoms with E-state index in [0.717, 1.165) is 13.1 Å². The van der Waals surface area contributed by atoms with Crippen molar-refractivity contribution in [3.05, 3.63) is 22.4 Å². The van der Waals surface area contributed by atoms with Crippen LogP contribution in [0.25, 0.3) is 0 Å². The summed E-state index contributed by atoms with van der Waals surface area (Å²) in [5, 5.41) is 5.66. The van der Waals surface area contributed by atoms with Crippen molar-refractivity contribution < 1.29 is 0 Å². The van der Waals surface area contributed by atoms with E-state index in [1.54, 1.807) is 0 Å². The molecule has 0 aliphatic rings. The lowest BCUT2D eigenvalue weighted by molar-refractivity contribution is 0.246. The Labute approximate surface area is 110 Å². The molecule has 0 fully saturated rings. The van der Waals surface area contributed by atoms with Gasteiger partial charge in [-0.25, -0.2) is 0 Å². The van der Waals surface area contributed by atoms with Crippen molar-refractivity contribution in [3.63, 3.8) is 0 Å². The molecule has 1 N–H and O–H groups in total. The minimum atomic E-state index is 0.617. The lowest BCUT2D eigenvalue weighted by Gasteiger charge is -2.24. The SMILES string of the molecule is CCCCCN(C)C(C)CNCc1cccs1. The van der Waals surface area contributed by atoms with Gasteiger partial charge < -0.3 is 10.2 Å². The van der Waals surface area contributed by atoms with E-state index in [9.17, 15) is 0 Å². The van der Waals surface area contributed by atoms with Crippen LogP contribution in [0.5, 0.6) is 0 Å². The number of nitrogens with one attached hydrogen (secondary N) is 1. The molecule has 1 atom stereocenters. The molecule has 1 aromatic heterocycles. The summed E-state index contributed by atoms with van der Waals surface area (Å²) < 4.78 is 0. The third kappa shape index (κ3) is 6.20. The van der Waals surface area contributed by atoms with E-state index < -0.39 is 0 Å². The third-order valence-electron chi connectivity index (χ3n) is 3.19. The van der Waals surface area contributed by atoms with Crippen molar-refractivity contribution >= 4 is 11.3 Å². The van der Waals surface area contributed by atoms with Crippen molar-refractivity contribution in [2.24, 2.45) is 0 Å². The molecule has 0 spiro atoms. The number of nitrogens with zero attached hydrogens (tertiary/aromatic N) is 1. The van der Waals surface area contributed by atoms with Crippen LogP contribution in [-0.4, -0.2) is 31.1 Å². The molecule has 1 rings (SSSR count). The van der Waals surface area contributed by atoms with Crippen molar-refractivity contribution in [1.29, 1.82) is 0 Å². The molecule has 0 saturated heterocycles. The summed E-state index contributed by atoms with van der Waals surface area (Å²) in [6.07, 6.45) is 3.97. The highest BCUT2D eigenvalue weighted by Gasteiger charge is 2.07. The minimum absolute atomic E-state index is 0.617. The molecule has 0 aromatic carbocycles. The topological polar surface area (TPSA) is 15.3 Å². The zero-order valence-corrected chi connectivity index (χ0v) is 12.2. The van der Waals surface area contributed by atoms with Gasteiger partial charge >= 0.3 is 0 Å². The minimum Gasteiger partial charge on any atom is -0.310 e. The smallest absolute Gasteiger partial charge is 0.0300 e. The Kier molecular flexibility index (Phi) is 7.49. The standard InChI is InChI=1S/C14H26N2S/c1-4-5-6-9-16(3)13(2)11-15-12-14-8-7-10-17-14/h7-8,10,13,15H,4-6,9,11-12H2,1-3H3.